The molecule has 0 aliphatic heterocycles. The van der Waals surface area contributed by atoms with Gasteiger partial charge >= 0.3 is 12.0 Å². The molecule has 0 fully saturated rings. The Labute approximate surface area is 125 Å². The van der Waals surface area contributed by atoms with Crippen LogP contribution in [0.5, 0.6) is 0 Å². The molecule has 0 spiro atoms. The number of aliphatic carboxylic acids is 1. The monoisotopic (exact) mass is 293 g/mol. The molecular weight excluding hydrogens is 270 g/mol. The Kier molecular flexibility index (Phi) is 7.21. The van der Waals surface area contributed by atoms with Gasteiger partial charge in [0.25, 0.3) is 0 Å². The average Bonchev–Trinajstić information content (AvgIpc) is 2.49. The first kappa shape index (κ1) is 16.9. The number of pyridine rings is 1. The summed E-state index contributed by atoms with van der Waals surface area (Å²) in [5, 5.41) is 11.7. The third kappa shape index (κ3) is 5.81. The molecule has 2 N–H and O–H groups in total. The van der Waals surface area contributed by atoms with Crippen molar-refractivity contribution >= 4 is 12.0 Å². The number of carbonyl (C=O) groups excluding carboxylic acids is 1. The third-order valence-corrected chi connectivity index (χ3v) is 3.19. The van der Waals surface area contributed by atoms with Crippen LogP contribution in [-0.2, 0) is 11.3 Å². The predicted octanol–water partition coefficient (Wildman–Crippen LogP) is 2.26. The summed E-state index contributed by atoms with van der Waals surface area (Å²) in [6.07, 6.45) is 3.77. The number of nitrogens with one attached hydrogen (secondary N) is 1. The lowest BCUT2D eigenvalue weighted by Crippen LogP contribution is -2.47. The summed E-state index contributed by atoms with van der Waals surface area (Å²) < 4.78 is 0. The van der Waals surface area contributed by atoms with Gasteiger partial charge in [-0.15, -0.1) is 0 Å². The number of carboxylic acid groups (broad SMARTS) is 1. The molecule has 1 atom stereocenters. The molecule has 21 heavy (non-hydrogen) atoms. The van der Waals surface area contributed by atoms with Gasteiger partial charge in [0.1, 0.15) is 6.04 Å². The molecule has 0 aliphatic rings. The molecule has 2 amide bonds. The number of carbonyl (C=O) groups is 2. The molecule has 0 aliphatic carbocycles. The maximum absolute atomic E-state index is 12.2. The van der Waals surface area contributed by atoms with Crippen LogP contribution in [-0.4, -0.2) is 39.6 Å². The van der Waals surface area contributed by atoms with E-state index in [9.17, 15) is 9.59 Å². The number of hydrogen-bond acceptors (Lipinski definition) is 3. The van der Waals surface area contributed by atoms with Crippen LogP contribution in [0.25, 0.3) is 0 Å². The van der Waals surface area contributed by atoms with E-state index in [4.69, 9.17) is 5.11 Å². The zero-order chi connectivity index (χ0) is 15.7. The van der Waals surface area contributed by atoms with Gasteiger partial charge in [-0.1, -0.05) is 25.8 Å². The van der Waals surface area contributed by atoms with Gasteiger partial charge in [-0.05, 0) is 25.5 Å². The molecule has 0 unspecified atom stereocenters. The molecule has 1 heterocycles. The number of nitrogens with zero attached hydrogens (tertiary/aromatic N) is 2. The predicted molar refractivity (Wildman–Crippen MR) is 79.8 cm³/mol. The highest BCUT2D eigenvalue weighted by molar-refractivity contribution is 5.82. The van der Waals surface area contributed by atoms with Crippen molar-refractivity contribution in [3.05, 3.63) is 30.1 Å². The van der Waals surface area contributed by atoms with Crippen LogP contribution >= 0.6 is 0 Å². The van der Waals surface area contributed by atoms with Crippen LogP contribution in [0.2, 0.25) is 0 Å². The molecule has 0 saturated carbocycles. The molecule has 1 rings (SSSR count). The minimum Gasteiger partial charge on any atom is -0.480 e. The summed E-state index contributed by atoms with van der Waals surface area (Å²) in [7, 11) is 0. The molecule has 0 aromatic carbocycles. The van der Waals surface area contributed by atoms with Crippen molar-refractivity contribution < 1.29 is 14.7 Å². The first-order chi connectivity index (χ1) is 10.1. The Morgan fingerprint density at radius 3 is 2.67 bits per heavy atom. The standard InChI is InChI=1S/C15H23N3O3/c1-3-5-9-13(14(19)20)17-15(21)18(4-2)11-12-8-6-7-10-16-12/h6-8,10,13H,3-5,9,11H2,1-2H3,(H,17,21)(H,19,20)/t13-/m0/s1. The Morgan fingerprint density at radius 2 is 2.14 bits per heavy atom. The van der Waals surface area contributed by atoms with Crippen LogP contribution in [0, 0.1) is 0 Å². The number of urea groups is 1. The van der Waals surface area contributed by atoms with Crippen molar-refractivity contribution in [2.75, 3.05) is 6.54 Å². The third-order valence-electron chi connectivity index (χ3n) is 3.19. The average molecular weight is 293 g/mol. The van der Waals surface area contributed by atoms with Crippen molar-refractivity contribution in [2.24, 2.45) is 0 Å². The topological polar surface area (TPSA) is 82.5 Å². The second kappa shape index (κ2) is 8.94. The Balaban J connectivity index is 2.62. The van der Waals surface area contributed by atoms with E-state index in [1.165, 1.54) is 0 Å². The van der Waals surface area contributed by atoms with Gasteiger partial charge < -0.3 is 15.3 Å². The maximum Gasteiger partial charge on any atom is 0.326 e. The largest absolute Gasteiger partial charge is 0.480 e. The minimum atomic E-state index is -0.995. The summed E-state index contributed by atoms with van der Waals surface area (Å²) in [6.45, 7) is 4.69. The normalized spacial score (nSPS) is 11.7. The number of amides is 2. The lowest BCUT2D eigenvalue weighted by Gasteiger charge is -2.23. The lowest BCUT2D eigenvalue weighted by molar-refractivity contribution is -0.139. The zero-order valence-electron chi connectivity index (χ0n) is 12.6. The first-order valence-electron chi connectivity index (χ1n) is 7.26. The molecule has 1 aromatic rings. The smallest absolute Gasteiger partial charge is 0.326 e. The molecule has 6 nitrogen and oxygen atoms in total. The number of rotatable bonds is 8. The van der Waals surface area contributed by atoms with E-state index < -0.39 is 12.0 Å². The van der Waals surface area contributed by atoms with Crippen LogP contribution in [0.15, 0.2) is 24.4 Å². The van der Waals surface area contributed by atoms with E-state index in [1.54, 1.807) is 11.1 Å². The first-order valence-corrected chi connectivity index (χ1v) is 7.26. The fourth-order valence-electron chi connectivity index (χ4n) is 1.92. The molecule has 0 saturated heterocycles. The molecular formula is C15H23N3O3. The second-order valence-corrected chi connectivity index (χ2v) is 4.82. The zero-order valence-corrected chi connectivity index (χ0v) is 12.6. The van der Waals surface area contributed by atoms with Crippen LogP contribution in [0.3, 0.4) is 0 Å². The van der Waals surface area contributed by atoms with Gasteiger partial charge in [-0.25, -0.2) is 9.59 Å². The van der Waals surface area contributed by atoms with Crippen LogP contribution < -0.4 is 5.32 Å². The molecule has 116 valence electrons. The summed E-state index contributed by atoms with van der Waals surface area (Å²) in [4.78, 5) is 29.1. The molecule has 0 radical (unpaired) electrons. The lowest BCUT2D eigenvalue weighted by atomic mass is 10.1. The van der Waals surface area contributed by atoms with E-state index >= 15 is 0 Å². The van der Waals surface area contributed by atoms with Gasteiger partial charge in [-0.3, -0.25) is 4.98 Å². The summed E-state index contributed by atoms with van der Waals surface area (Å²) in [6, 6.07) is 4.30. The van der Waals surface area contributed by atoms with Crippen LogP contribution in [0.4, 0.5) is 4.79 Å². The number of aromatic nitrogens is 1. The Hall–Kier alpha value is -2.11. The number of carboxylic acids is 1. The molecule has 0 bridgehead atoms. The van der Waals surface area contributed by atoms with E-state index in [-0.39, 0.29) is 6.03 Å². The van der Waals surface area contributed by atoms with Crippen LogP contribution in [0.1, 0.15) is 38.8 Å². The van der Waals surface area contributed by atoms with Crippen molar-refractivity contribution in [1.29, 1.82) is 0 Å². The second-order valence-electron chi connectivity index (χ2n) is 4.82. The highest BCUT2D eigenvalue weighted by atomic mass is 16.4. The minimum absolute atomic E-state index is 0.364. The Morgan fingerprint density at radius 1 is 1.38 bits per heavy atom. The number of hydrogen-bond donors (Lipinski definition) is 2. The highest BCUT2D eigenvalue weighted by Crippen LogP contribution is 2.05. The summed E-state index contributed by atoms with van der Waals surface area (Å²) in [5.74, 6) is -0.995. The van der Waals surface area contributed by atoms with Gasteiger partial charge in [0.05, 0.1) is 12.2 Å². The maximum atomic E-state index is 12.2. The van der Waals surface area contributed by atoms with Crippen molar-refractivity contribution in [3.63, 3.8) is 0 Å². The highest BCUT2D eigenvalue weighted by Gasteiger charge is 2.22. The fraction of sp³-hybridized carbons (Fsp3) is 0.533. The fourth-order valence-corrected chi connectivity index (χ4v) is 1.92. The van der Waals surface area contributed by atoms with E-state index in [0.29, 0.717) is 19.5 Å². The van der Waals surface area contributed by atoms with E-state index in [2.05, 4.69) is 10.3 Å². The molecule has 1 aromatic heterocycles. The van der Waals surface area contributed by atoms with E-state index in [0.717, 1.165) is 18.5 Å². The number of unbranched alkanes of at least 4 members (excludes halogenated alkanes) is 1. The van der Waals surface area contributed by atoms with Gasteiger partial charge in [-0.2, -0.15) is 0 Å². The van der Waals surface area contributed by atoms with Gasteiger partial charge in [0.2, 0.25) is 0 Å². The summed E-state index contributed by atoms with van der Waals surface area (Å²) in [5.41, 5.74) is 0.773. The quantitative estimate of drug-likeness (QED) is 0.770. The summed E-state index contributed by atoms with van der Waals surface area (Å²) >= 11 is 0. The van der Waals surface area contributed by atoms with Gasteiger partial charge in [0, 0.05) is 12.7 Å². The Bertz CT molecular complexity index is 451. The van der Waals surface area contributed by atoms with Crippen molar-refractivity contribution in [1.82, 2.24) is 15.2 Å². The van der Waals surface area contributed by atoms with Crippen molar-refractivity contribution in [3.8, 4) is 0 Å². The van der Waals surface area contributed by atoms with Crippen molar-refractivity contribution in [2.45, 2.75) is 45.7 Å². The van der Waals surface area contributed by atoms with E-state index in [1.807, 2.05) is 32.0 Å². The van der Waals surface area contributed by atoms with Gasteiger partial charge in [0.15, 0.2) is 0 Å². The SMILES string of the molecule is CCCC[C@H](NC(=O)N(CC)Cc1ccccn1)C(=O)O. The molecule has 6 heteroatoms.